The van der Waals surface area contributed by atoms with E-state index in [4.69, 9.17) is 9.90 Å². The van der Waals surface area contributed by atoms with Gasteiger partial charge < -0.3 is 5.11 Å². The predicted octanol–water partition coefficient (Wildman–Crippen LogP) is 0.929. The average molecular weight is 163 g/mol. The first-order chi connectivity index (χ1) is 3.15. The van der Waals surface area contributed by atoms with Crippen LogP contribution in [0.15, 0.2) is 0 Å². The number of hydrogen-bond donors (Lipinski definition) is 1. The Morgan fingerprint density at radius 3 is 1.71 bits per heavy atom. The minimum atomic E-state index is -2.88. The van der Waals surface area contributed by atoms with E-state index in [1.165, 1.54) is 0 Å². The quantitative estimate of drug-likeness (QED) is 0.540. The fraction of sp³-hybridized carbons (Fsp3) is 0.500. The van der Waals surface area contributed by atoms with Crippen molar-refractivity contribution in [3.05, 3.63) is 0 Å². The van der Waals surface area contributed by atoms with Gasteiger partial charge >= 0.3 is 24.8 Å². The van der Waals surface area contributed by atoms with Gasteiger partial charge in [0.05, 0.1) is 0 Å². The number of carboxylic acids is 1. The molecule has 1 N–H and O–H groups in total. The van der Waals surface area contributed by atoms with Crippen molar-refractivity contribution in [1.29, 1.82) is 0 Å². The predicted molar refractivity (Wildman–Crippen MR) is 15.5 cm³/mol. The summed E-state index contributed by atoms with van der Waals surface area (Å²) < 4.78 is 19.6. The maximum absolute atomic E-state index is 9.81. The zero-order chi connectivity index (χ0) is 6.28. The van der Waals surface area contributed by atoms with Crippen LogP contribution >= 0.6 is 0 Å². The van der Waals surface area contributed by atoms with Gasteiger partial charge in [0, 0.05) is 6.92 Å². The van der Waals surface area contributed by atoms with Crippen LogP contribution in [-0.4, -0.2) is 11.1 Å². The molecule has 0 aromatic heterocycles. The molecule has 0 fully saturated rings. The Labute approximate surface area is 48.3 Å². The van der Waals surface area contributed by atoms with Gasteiger partial charge in [0.2, 0.25) is 0 Å². The summed E-state index contributed by atoms with van der Waals surface area (Å²) in [4.78, 5) is 9.00. The maximum atomic E-state index is 9.81. The van der Waals surface area contributed by atoms with Gasteiger partial charge in [-0.15, -0.1) is 0 Å². The Balaban J connectivity index is 0. The summed E-state index contributed by atoms with van der Waals surface area (Å²) in [5.74, 6) is -0.833. The molecule has 0 atom stereocenters. The molecule has 0 spiro atoms. The van der Waals surface area contributed by atoms with E-state index in [2.05, 4.69) is 0 Å². The van der Waals surface area contributed by atoms with E-state index in [9.17, 15) is 6.63 Å². The van der Waals surface area contributed by atoms with Crippen LogP contribution in [-0.2, 0) is 22.9 Å². The van der Waals surface area contributed by atoms with E-state index in [-0.39, 0.29) is 0 Å². The molecule has 2 nitrogen and oxygen atoms in total. The van der Waals surface area contributed by atoms with Crippen LogP contribution < -0.4 is 0 Å². The van der Waals surface area contributed by atoms with E-state index in [1.54, 1.807) is 0 Å². The molecule has 5 heteroatoms. The van der Waals surface area contributed by atoms with Crippen LogP contribution in [0.25, 0.3) is 0 Å². The Hall–Kier alpha value is -0.0466. The van der Waals surface area contributed by atoms with E-state index in [0.29, 0.717) is 0 Å². The molecule has 0 aromatic rings. The van der Waals surface area contributed by atoms with Gasteiger partial charge in [-0.3, -0.25) is 4.79 Å². The number of hydrogen-bond acceptors (Lipinski definition) is 1. The van der Waals surface area contributed by atoms with E-state index >= 15 is 0 Å². The van der Waals surface area contributed by atoms with E-state index in [0.717, 1.165) is 6.92 Å². The van der Waals surface area contributed by atoms with Crippen molar-refractivity contribution in [1.82, 2.24) is 0 Å². The molecule has 0 saturated carbocycles. The molecule has 0 unspecified atom stereocenters. The summed E-state index contributed by atoms with van der Waals surface area (Å²) in [6.07, 6.45) is 0. The van der Waals surface area contributed by atoms with Crippen LogP contribution in [0.5, 0.6) is 0 Å². The van der Waals surface area contributed by atoms with Crippen molar-refractivity contribution in [3.8, 4) is 0 Å². The van der Waals surface area contributed by atoms with Crippen LogP contribution in [0.1, 0.15) is 6.92 Å². The molecule has 40 valence electrons. The van der Waals surface area contributed by atoms with Crippen molar-refractivity contribution in [2.75, 3.05) is 0 Å². The second kappa shape index (κ2) is 9.35. The summed E-state index contributed by atoms with van der Waals surface area (Å²) in [7, 11) is 0. The molecule has 0 aromatic carbocycles. The van der Waals surface area contributed by atoms with Gasteiger partial charge in [0.1, 0.15) is 0 Å². The molecule has 0 aliphatic carbocycles. The molecule has 0 aliphatic heterocycles. The second-order valence-corrected chi connectivity index (χ2v) is 1.04. The minimum absolute atomic E-state index is 0.833. The molecule has 0 bridgehead atoms. The topological polar surface area (TPSA) is 37.3 Å². The average Bonchev–Trinajstić information content (AvgIpc) is 1.33. The van der Waals surface area contributed by atoms with Crippen molar-refractivity contribution in [2.24, 2.45) is 0 Å². The van der Waals surface area contributed by atoms with Gasteiger partial charge in [-0.25, -0.2) is 0 Å². The molecule has 0 saturated heterocycles. The van der Waals surface area contributed by atoms with Crippen LogP contribution in [0.2, 0.25) is 0 Å². The molecule has 7 heavy (non-hydrogen) atoms. The Kier molecular flexibility index (Phi) is 13.4. The number of carboxylic acid groups (broad SMARTS) is 1. The first-order valence-electron chi connectivity index (χ1n) is 1.46. The van der Waals surface area contributed by atoms with Crippen molar-refractivity contribution in [2.45, 2.75) is 6.92 Å². The molecule has 0 heterocycles. The fourth-order valence-electron chi connectivity index (χ4n) is 0. The normalized spacial score (nSPS) is 5.00. The number of carbonyl (C=O) groups is 1. The first kappa shape index (κ1) is 10.0. The van der Waals surface area contributed by atoms with E-state index in [1.807, 2.05) is 0 Å². The second-order valence-electron chi connectivity index (χ2n) is 0.620. The third-order valence-corrected chi connectivity index (χ3v) is 0. The molecule has 0 aliphatic rings. The monoisotopic (exact) mass is 162 g/mol. The Morgan fingerprint density at radius 1 is 1.71 bits per heavy atom. The van der Waals surface area contributed by atoms with Crippen LogP contribution in [0.4, 0.5) is 6.63 Å². The van der Waals surface area contributed by atoms with Crippen molar-refractivity contribution >= 4 is 5.97 Å². The Morgan fingerprint density at radius 2 is 1.71 bits per heavy atom. The van der Waals surface area contributed by atoms with Gasteiger partial charge in [0.15, 0.2) is 0 Å². The Bertz CT molecular complexity index is 45.0. The third-order valence-electron chi connectivity index (χ3n) is 0. The number of rotatable bonds is 0. The summed E-state index contributed by atoms with van der Waals surface area (Å²) in [5.41, 5.74) is 0. The van der Waals surface area contributed by atoms with Crippen molar-refractivity contribution in [3.63, 3.8) is 0 Å². The molecule has 0 radical (unpaired) electrons. The van der Waals surface area contributed by atoms with Gasteiger partial charge in [-0.05, 0) is 0 Å². The standard InChI is InChI=1S/C2H4O2.2FH.Zn/c1-2(3)4;;;/h1H3,(H,3,4);2*1H;/q;;;+2/p-2. The third kappa shape index (κ3) is 42800. The summed E-state index contributed by atoms with van der Waals surface area (Å²) in [6.45, 7) is 1.08. The zero-order valence-electron chi connectivity index (χ0n) is 3.82. The van der Waals surface area contributed by atoms with Crippen LogP contribution in [0, 0.1) is 0 Å². The molecule has 0 amide bonds. The number of aliphatic carboxylic acids is 1. The number of halogens is 2. The molecular formula is C2H4F2O2Zn. The molecular weight excluding hydrogens is 159 g/mol. The van der Waals surface area contributed by atoms with Gasteiger partial charge in [0.25, 0.3) is 5.97 Å². The van der Waals surface area contributed by atoms with E-state index < -0.39 is 24.1 Å². The van der Waals surface area contributed by atoms with Gasteiger partial charge in [-0.2, -0.15) is 0 Å². The SMILES string of the molecule is CC(=O)O.[F][Zn][F]. The summed E-state index contributed by atoms with van der Waals surface area (Å²) in [6, 6.07) is 0. The van der Waals surface area contributed by atoms with Crippen molar-refractivity contribution < 1.29 is 34.7 Å². The summed E-state index contributed by atoms with van der Waals surface area (Å²) >= 11 is -2.88. The summed E-state index contributed by atoms with van der Waals surface area (Å²) in [5, 5.41) is 7.42. The fourth-order valence-corrected chi connectivity index (χ4v) is 0. The molecule has 0 rings (SSSR count). The zero-order valence-corrected chi connectivity index (χ0v) is 6.79. The van der Waals surface area contributed by atoms with Gasteiger partial charge in [-0.1, -0.05) is 0 Å². The first-order valence-corrected chi connectivity index (χ1v) is 3.71. The van der Waals surface area contributed by atoms with Crippen LogP contribution in [0.3, 0.4) is 0 Å².